The van der Waals surface area contributed by atoms with Gasteiger partial charge < -0.3 is 9.80 Å². The highest BCUT2D eigenvalue weighted by molar-refractivity contribution is 6.13. The Hall–Kier alpha value is -4.33. The van der Waals surface area contributed by atoms with E-state index in [4.69, 9.17) is 0 Å². The number of nitrogens with one attached hydrogen (secondary N) is 1. The molecule has 1 fully saturated rings. The van der Waals surface area contributed by atoms with E-state index in [-0.39, 0.29) is 5.91 Å². The predicted molar refractivity (Wildman–Crippen MR) is 126 cm³/mol. The number of pyridine rings is 1. The molecule has 0 unspecified atom stereocenters. The van der Waals surface area contributed by atoms with Crippen molar-refractivity contribution in [1.29, 1.82) is 0 Å². The minimum atomic E-state index is -0.590. The summed E-state index contributed by atoms with van der Waals surface area (Å²) in [5, 5.41) is 2.35. The van der Waals surface area contributed by atoms with Crippen LogP contribution in [0.2, 0.25) is 0 Å². The highest BCUT2D eigenvalue weighted by atomic mass is 16.3. The Morgan fingerprint density at radius 3 is 2.55 bits per heavy atom. The normalized spacial score (nSPS) is 15.1. The number of para-hydroxylation sites is 2. The molecule has 2 aliphatic rings. The number of nitroso groups, excluding NO2 is 1. The minimum Gasteiger partial charge on any atom is -0.321 e. The number of fused-ring (bicyclic) bond motifs is 2. The highest BCUT2D eigenvalue weighted by Gasteiger charge is 2.38. The molecule has 8 heteroatoms. The monoisotopic (exact) mass is 439 g/mol. The van der Waals surface area contributed by atoms with Crippen molar-refractivity contribution < 1.29 is 9.59 Å². The lowest BCUT2D eigenvalue weighted by Gasteiger charge is -2.26. The van der Waals surface area contributed by atoms with Gasteiger partial charge in [0.25, 0.3) is 11.8 Å². The van der Waals surface area contributed by atoms with E-state index in [1.54, 1.807) is 23.2 Å². The van der Waals surface area contributed by atoms with Crippen LogP contribution < -0.4 is 15.2 Å². The Balaban J connectivity index is 1.48. The maximum atomic E-state index is 13.7. The molecule has 0 spiro atoms. The molecule has 1 aliphatic heterocycles. The van der Waals surface area contributed by atoms with Gasteiger partial charge in [-0.05, 0) is 54.3 Å². The molecule has 0 atom stereocenters. The molecule has 2 amide bonds. The zero-order valence-electron chi connectivity index (χ0n) is 17.7. The topological polar surface area (TPSA) is 95.0 Å². The number of hydrogen-bond donors (Lipinski definition) is 1. The lowest BCUT2D eigenvalue weighted by molar-refractivity contribution is -0.116. The first-order valence-corrected chi connectivity index (χ1v) is 10.7. The zero-order chi connectivity index (χ0) is 22.8. The molecule has 1 saturated carbocycles. The molecule has 1 aromatic heterocycles. The van der Waals surface area contributed by atoms with E-state index in [9.17, 15) is 14.5 Å². The van der Waals surface area contributed by atoms with E-state index in [2.05, 4.69) is 15.2 Å². The number of rotatable bonds is 6. The third-order valence-electron chi connectivity index (χ3n) is 5.74. The Kier molecular flexibility index (Phi) is 5.40. The van der Waals surface area contributed by atoms with Gasteiger partial charge in [0.2, 0.25) is 0 Å². The molecule has 0 bridgehead atoms. The summed E-state index contributed by atoms with van der Waals surface area (Å²) < 4.78 is 0. The van der Waals surface area contributed by atoms with Crippen molar-refractivity contribution in [2.45, 2.75) is 25.4 Å². The molecule has 1 N–H and O–H groups in total. The van der Waals surface area contributed by atoms with Gasteiger partial charge in [-0.3, -0.25) is 9.59 Å². The first kappa shape index (κ1) is 20.6. The van der Waals surface area contributed by atoms with Crippen LogP contribution >= 0.6 is 0 Å². The number of anilines is 3. The molecule has 8 nitrogen and oxygen atoms in total. The van der Waals surface area contributed by atoms with Gasteiger partial charge in [0.05, 0.1) is 28.8 Å². The van der Waals surface area contributed by atoms with Gasteiger partial charge in [0.15, 0.2) is 0 Å². The lowest BCUT2D eigenvalue weighted by atomic mass is 10.1. The highest BCUT2D eigenvalue weighted by Crippen LogP contribution is 2.45. The number of hydrogen-bond acceptors (Lipinski definition) is 6. The number of nitrogens with zero attached hydrogens (tertiary/aromatic N) is 4. The van der Waals surface area contributed by atoms with Crippen molar-refractivity contribution in [3.63, 3.8) is 0 Å². The van der Waals surface area contributed by atoms with Crippen LogP contribution in [0.1, 0.15) is 34.3 Å². The summed E-state index contributed by atoms with van der Waals surface area (Å²) in [5.41, 5.74) is 5.98. The van der Waals surface area contributed by atoms with Crippen LogP contribution in [0.3, 0.4) is 0 Å². The van der Waals surface area contributed by atoms with Crippen LogP contribution in [0.25, 0.3) is 6.08 Å². The first-order chi connectivity index (χ1) is 16.2. The Morgan fingerprint density at radius 2 is 1.82 bits per heavy atom. The Bertz CT molecular complexity index is 1250. The Labute approximate surface area is 190 Å². The molecule has 2 heterocycles. The summed E-state index contributed by atoms with van der Waals surface area (Å²) in [6.45, 7) is 0.391. The molecule has 33 heavy (non-hydrogen) atoms. The summed E-state index contributed by atoms with van der Waals surface area (Å²) in [6.07, 6.45) is 6.72. The van der Waals surface area contributed by atoms with Gasteiger partial charge in [0, 0.05) is 18.3 Å². The molecule has 5 rings (SSSR count). The molecule has 2 aromatic carbocycles. The summed E-state index contributed by atoms with van der Waals surface area (Å²) in [6, 6.07) is 19.5. The van der Waals surface area contributed by atoms with Crippen LogP contribution in [-0.2, 0) is 11.3 Å². The molecule has 164 valence electrons. The van der Waals surface area contributed by atoms with Crippen molar-refractivity contribution in [2.24, 2.45) is 5.29 Å². The summed E-state index contributed by atoms with van der Waals surface area (Å²) in [7, 11) is 0. The molecular weight excluding hydrogens is 418 g/mol. The van der Waals surface area contributed by atoms with Gasteiger partial charge in [-0.1, -0.05) is 36.4 Å². The van der Waals surface area contributed by atoms with E-state index < -0.39 is 5.91 Å². The van der Waals surface area contributed by atoms with E-state index >= 15 is 0 Å². The molecule has 0 radical (unpaired) electrons. The minimum absolute atomic E-state index is 0.0873. The van der Waals surface area contributed by atoms with Crippen molar-refractivity contribution in [1.82, 2.24) is 10.4 Å². The van der Waals surface area contributed by atoms with Crippen LogP contribution in [0.5, 0.6) is 0 Å². The summed E-state index contributed by atoms with van der Waals surface area (Å²) in [4.78, 5) is 43.7. The second-order valence-corrected chi connectivity index (χ2v) is 8.00. The van der Waals surface area contributed by atoms with Crippen molar-refractivity contribution >= 4 is 35.1 Å². The number of carbonyl (C=O) groups is 2. The van der Waals surface area contributed by atoms with Crippen molar-refractivity contribution in [3.05, 3.63) is 94.5 Å². The summed E-state index contributed by atoms with van der Waals surface area (Å²) >= 11 is 0. The van der Waals surface area contributed by atoms with Crippen LogP contribution in [0.4, 0.5) is 17.2 Å². The number of carbonyl (C=O) groups excluding carboxylic acids is 2. The van der Waals surface area contributed by atoms with Crippen molar-refractivity contribution in [2.75, 3.05) is 9.80 Å². The zero-order valence-corrected chi connectivity index (χ0v) is 17.7. The third-order valence-corrected chi connectivity index (χ3v) is 5.74. The molecule has 0 saturated heterocycles. The van der Waals surface area contributed by atoms with Gasteiger partial charge in [0.1, 0.15) is 5.82 Å². The largest absolute Gasteiger partial charge is 0.321 e. The first-order valence-electron chi connectivity index (χ1n) is 10.7. The van der Waals surface area contributed by atoms with Crippen LogP contribution in [0.15, 0.2) is 78.2 Å². The summed E-state index contributed by atoms with van der Waals surface area (Å²) in [5.74, 6) is 0.0348. The molecular formula is C25H21N5O3. The quantitative estimate of drug-likeness (QED) is 0.350. The number of benzene rings is 2. The van der Waals surface area contributed by atoms with E-state index in [0.717, 1.165) is 35.3 Å². The van der Waals surface area contributed by atoms with Crippen molar-refractivity contribution in [3.8, 4) is 0 Å². The maximum Gasteiger partial charge on any atom is 0.266 e. The fraction of sp³-hybridized carbons (Fsp3) is 0.160. The van der Waals surface area contributed by atoms with Gasteiger partial charge >= 0.3 is 0 Å². The van der Waals surface area contributed by atoms with Gasteiger partial charge in [-0.25, -0.2) is 10.4 Å². The standard InChI is InChI=1S/C25H21N5O3/c31-23(27-28-33)14-11-17-7-9-18(10-8-17)16-29-21-5-1-2-6-22(21)30(19-12-13-19)24-20(25(29)32)4-3-15-26-24/h1-11,14-15,19H,12-13,16H2,(H,27,31,33)/b14-11+. The average Bonchev–Trinajstić information content (AvgIpc) is 3.68. The predicted octanol–water partition coefficient (Wildman–Crippen LogP) is 4.35. The van der Waals surface area contributed by atoms with E-state index in [1.165, 1.54) is 6.08 Å². The van der Waals surface area contributed by atoms with E-state index in [0.29, 0.717) is 24.0 Å². The maximum absolute atomic E-state index is 13.7. The van der Waals surface area contributed by atoms with Gasteiger partial charge in [-0.15, -0.1) is 4.91 Å². The average molecular weight is 439 g/mol. The fourth-order valence-electron chi connectivity index (χ4n) is 4.05. The van der Waals surface area contributed by atoms with Gasteiger partial charge in [-0.2, -0.15) is 0 Å². The SMILES string of the molecule is O=NNC(=O)/C=C/c1ccc(CN2C(=O)c3cccnc3N(C3CC3)c3ccccc32)cc1. The molecule has 3 aromatic rings. The number of aromatic nitrogens is 1. The van der Waals surface area contributed by atoms with E-state index in [1.807, 2.05) is 60.0 Å². The second-order valence-electron chi connectivity index (χ2n) is 8.00. The Morgan fingerprint density at radius 1 is 1.06 bits per heavy atom. The van der Waals surface area contributed by atoms with Crippen LogP contribution in [0, 0.1) is 4.91 Å². The lowest BCUT2D eigenvalue weighted by Crippen LogP contribution is -2.29. The molecule has 1 aliphatic carbocycles. The second kappa shape index (κ2) is 8.66. The third kappa shape index (κ3) is 4.10. The number of amides is 2. The fourth-order valence-corrected chi connectivity index (χ4v) is 4.05. The van der Waals surface area contributed by atoms with Crippen LogP contribution in [-0.4, -0.2) is 22.8 Å². The smallest absolute Gasteiger partial charge is 0.266 e.